The second-order valence-electron chi connectivity index (χ2n) is 5.98. The molecule has 1 N–H and O–H groups in total. The van der Waals surface area contributed by atoms with Crippen LogP contribution in [-0.2, 0) is 9.59 Å². The molecule has 22 heavy (non-hydrogen) atoms. The number of carbonyl (C=O) groups excluding carboxylic acids is 2. The van der Waals surface area contributed by atoms with E-state index in [2.05, 4.69) is 28.9 Å². The van der Waals surface area contributed by atoms with Crippen molar-refractivity contribution in [2.45, 2.75) is 50.6 Å². The molecule has 3 heterocycles. The quantitative estimate of drug-likeness (QED) is 0.931. The fourth-order valence-corrected chi connectivity index (χ4v) is 3.83. The maximum Gasteiger partial charge on any atom is 0.245 e. The van der Waals surface area contributed by atoms with E-state index < -0.39 is 0 Å². The van der Waals surface area contributed by atoms with Crippen LogP contribution >= 0.6 is 11.3 Å². The minimum Gasteiger partial charge on any atom is -0.344 e. The van der Waals surface area contributed by atoms with Gasteiger partial charge in [-0.15, -0.1) is 11.3 Å². The lowest BCUT2D eigenvalue weighted by Crippen LogP contribution is -2.48. The van der Waals surface area contributed by atoms with Crippen molar-refractivity contribution in [2.24, 2.45) is 0 Å². The molecule has 0 unspecified atom stereocenters. The summed E-state index contributed by atoms with van der Waals surface area (Å²) in [7, 11) is 0. The van der Waals surface area contributed by atoms with Gasteiger partial charge in [-0.05, 0) is 36.8 Å². The Hall–Kier alpha value is -1.62. The van der Waals surface area contributed by atoms with Crippen molar-refractivity contribution in [1.29, 1.82) is 0 Å². The summed E-state index contributed by atoms with van der Waals surface area (Å²) in [6, 6.07) is 3.95. The third-order valence-electron chi connectivity index (χ3n) is 4.40. The zero-order valence-electron chi connectivity index (χ0n) is 12.7. The predicted molar refractivity (Wildman–Crippen MR) is 88.5 cm³/mol. The lowest BCUT2D eigenvalue weighted by molar-refractivity contribution is -0.135. The molecule has 2 atom stereocenters. The standard InChI is InChI=1S/C17H22N2O2S/c20-16-10-9-15(18-16)17(21)19-11-3-1-2-5-13(19)7-8-14-6-4-12-22-14/h4,6-8,12-13,15H,1-3,5,9-11H2,(H,18,20)/b8-7+/t13-,15-/m0/s1. The average Bonchev–Trinajstić information content (AvgIpc) is 3.12. The van der Waals surface area contributed by atoms with Crippen LogP contribution in [0.2, 0.25) is 0 Å². The summed E-state index contributed by atoms with van der Waals surface area (Å²) >= 11 is 1.70. The molecular formula is C17H22N2O2S. The number of hydrogen-bond acceptors (Lipinski definition) is 3. The van der Waals surface area contributed by atoms with Gasteiger partial charge < -0.3 is 10.2 Å². The molecule has 2 saturated heterocycles. The van der Waals surface area contributed by atoms with Crippen molar-refractivity contribution in [2.75, 3.05) is 6.54 Å². The van der Waals surface area contributed by atoms with Gasteiger partial charge >= 0.3 is 0 Å². The van der Waals surface area contributed by atoms with Gasteiger partial charge in [0.1, 0.15) is 6.04 Å². The Morgan fingerprint density at radius 2 is 2.23 bits per heavy atom. The van der Waals surface area contributed by atoms with Crippen molar-refractivity contribution in [3.63, 3.8) is 0 Å². The maximum atomic E-state index is 12.8. The van der Waals surface area contributed by atoms with E-state index in [1.54, 1.807) is 11.3 Å². The van der Waals surface area contributed by atoms with E-state index in [1.165, 1.54) is 11.3 Å². The topological polar surface area (TPSA) is 49.4 Å². The van der Waals surface area contributed by atoms with E-state index in [-0.39, 0.29) is 23.9 Å². The van der Waals surface area contributed by atoms with Crippen LogP contribution < -0.4 is 5.32 Å². The number of thiophene rings is 1. The summed E-state index contributed by atoms with van der Waals surface area (Å²) in [5.41, 5.74) is 0. The Morgan fingerprint density at radius 1 is 1.32 bits per heavy atom. The first-order valence-electron chi connectivity index (χ1n) is 8.05. The van der Waals surface area contributed by atoms with Gasteiger partial charge in [0.25, 0.3) is 0 Å². The van der Waals surface area contributed by atoms with E-state index in [9.17, 15) is 9.59 Å². The highest BCUT2D eigenvalue weighted by molar-refractivity contribution is 7.10. The van der Waals surface area contributed by atoms with Gasteiger partial charge in [-0.2, -0.15) is 0 Å². The van der Waals surface area contributed by atoms with Crippen LogP contribution in [0, 0.1) is 0 Å². The molecule has 2 amide bonds. The molecule has 0 aromatic carbocycles. The van der Waals surface area contributed by atoms with E-state index in [0.29, 0.717) is 12.8 Å². The zero-order valence-corrected chi connectivity index (χ0v) is 13.5. The van der Waals surface area contributed by atoms with Crippen LogP contribution in [0.4, 0.5) is 0 Å². The van der Waals surface area contributed by atoms with Crippen molar-refractivity contribution in [3.05, 3.63) is 28.5 Å². The number of nitrogens with zero attached hydrogens (tertiary/aromatic N) is 1. The Bertz CT molecular complexity index is 553. The van der Waals surface area contributed by atoms with Crippen LogP contribution in [0.25, 0.3) is 6.08 Å². The highest BCUT2D eigenvalue weighted by Gasteiger charge is 2.33. The smallest absolute Gasteiger partial charge is 0.245 e. The van der Waals surface area contributed by atoms with Crippen molar-refractivity contribution >= 4 is 29.2 Å². The van der Waals surface area contributed by atoms with Gasteiger partial charge in [0.15, 0.2) is 0 Å². The number of hydrogen-bond donors (Lipinski definition) is 1. The van der Waals surface area contributed by atoms with Crippen LogP contribution in [0.3, 0.4) is 0 Å². The molecular weight excluding hydrogens is 296 g/mol. The second-order valence-corrected chi connectivity index (χ2v) is 6.96. The fraction of sp³-hybridized carbons (Fsp3) is 0.529. The Labute approximate surface area is 135 Å². The lowest BCUT2D eigenvalue weighted by Gasteiger charge is -2.30. The van der Waals surface area contributed by atoms with E-state index in [1.807, 2.05) is 11.0 Å². The normalized spacial score (nSPS) is 26.2. The predicted octanol–water partition coefficient (Wildman–Crippen LogP) is 2.81. The summed E-state index contributed by atoms with van der Waals surface area (Å²) < 4.78 is 0. The Balaban J connectivity index is 1.72. The van der Waals surface area contributed by atoms with Crippen molar-refractivity contribution < 1.29 is 9.59 Å². The molecule has 0 radical (unpaired) electrons. The number of nitrogens with one attached hydrogen (secondary N) is 1. The first kappa shape index (κ1) is 15.3. The van der Waals surface area contributed by atoms with E-state index in [0.717, 1.165) is 25.8 Å². The van der Waals surface area contributed by atoms with Crippen molar-refractivity contribution in [3.8, 4) is 0 Å². The minimum atomic E-state index is -0.316. The van der Waals surface area contributed by atoms with Gasteiger partial charge in [-0.1, -0.05) is 25.0 Å². The van der Waals surface area contributed by atoms with Gasteiger partial charge in [0.2, 0.25) is 11.8 Å². The molecule has 1 aromatic heterocycles. The highest BCUT2D eigenvalue weighted by atomic mass is 32.1. The third-order valence-corrected chi connectivity index (χ3v) is 5.24. The van der Waals surface area contributed by atoms with Crippen LogP contribution in [0.5, 0.6) is 0 Å². The van der Waals surface area contributed by atoms with Gasteiger partial charge in [0, 0.05) is 17.8 Å². The lowest BCUT2D eigenvalue weighted by atomic mass is 10.1. The van der Waals surface area contributed by atoms with Gasteiger partial charge in [-0.3, -0.25) is 9.59 Å². The SMILES string of the molecule is O=C1CC[C@@H](C(=O)N2CCCCC[C@H]2/C=C/c2cccs2)N1. The van der Waals surface area contributed by atoms with Crippen molar-refractivity contribution in [1.82, 2.24) is 10.2 Å². The van der Waals surface area contributed by atoms with Gasteiger partial charge in [-0.25, -0.2) is 0 Å². The summed E-state index contributed by atoms with van der Waals surface area (Å²) in [6.07, 6.45) is 9.77. The molecule has 0 aliphatic carbocycles. The molecule has 0 bridgehead atoms. The molecule has 2 fully saturated rings. The second kappa shape index (κ2) is 7.09. The highest BCUT2D eigenvalue weighted by Crippen LogP contribution is 2.22. The summed E-state index contributed by atoms with van der Waals surface area (Å²) in [5, 5.41) is 4.87. The molecule has 0 saturated carbocycles. The number of likely N-dealkylation sites (tertiary alicyclic amines) is 1. The summed E-state index contributed by atoms with van der Waals surface area (Å²) in [6.45, 7) is 0.796. The van der Waals surface area contributed by atoms with Gasteiger partial charge in [0.05, 0.1) is 6.04 Å². The first-order valence-corrected chi connectivity index (χ1v) is 8.93. The maximum absolute atomic E-state index is 12.8. The molecule has 2 aliphatic heterocycles. The minimum absolute atomic E-state index is 0.00107. The number of carbonyl (C=O) groups is 2. The summed E-state index contributed by atoms with van der Waals surface area (Å²) in [4.78, 5) is 27.3. The van der Waals surface area contributed by atoms with Crippen LogP contribution in [0.15, 0.2) is 23.6 Å². The van der Waals surface area contributed by atoms with E-state index in [4.69, 9.17) is 0 Å². The number of rotatable bonds is 3. The summed E-state index contributed by atoms with van der Waals surface area (Å²) in [5.74, 6) is 0.0902. The molecule has 3 rings (SSSR count). The largest absolute Gasteiger partial charge is 0.344 e. The zero-order chi connectivity index (χ0) is 15.4. The van der Waals surface area contributed by atoms with E-state index >= 15 is 0 Å². The monoisotopic (exact) mass is 318 g/mol. The van der Waals surface area contributed by atoms with Crippen LogP contribution in [0.1, 0.15) is 43.4 Å². The Kier molecular flexibility index (Phi) is 4.93. The molecule has 0 spiro atoms. The average molecular weight is 318 g/mol. The number of amides is 2. The first-order chi connectivity index (χ1) is 10.7. The van der Waals surface area contributed by atoms with Crippen LogP contribution in [-0.4, -0.2) is 35.3 Å². The molecule has 1 aromatic rings. The molecule has 118 valence electrons. The molecule has 4 nitrogen and oxygen atoms in total. The fourth-order valence-electron chi connectivity index (χ4n) is 3.20. The Morgan fingerprint density at radius 3 is 2.95 bits per heavy atom. The third kappa shape index (κ3) is 3.58. The molecule has 5 heteroatoms. The molecule has 2 aliphatic rings.